The molecular weight excluding hydrogens is 546 g/mol. The van der Waals surface area contributed by atoms with Gasteiger partial charge in [-0.3, -0.25) is 13.9 Å². The minimum atomic E-state index is -3.80. The summed E-state index contributed by atoms with van der Waals surface area (Å²) in [5.41, 5.74) is 3.10. The SMILES string of the molecule is CCc1ccc(N(CC(=O)N(Cc2ccc(Cl)cc2)C(Cc2ccccc2)C(=O)NCC(C)C)S(C)(=O)=O)cc1. The fourth-order valence-corrected chi connectivity index (χ4v) is 5.25. The van der Waals surface area contributed by atoms with Gasteiger partial charge in [-0.2, -0.15) is 0 Å². The van der Waals surface area contributed by atoms with E-state index in [1.165, 1.54) is 4.90 Å². The molecule has 2 amide bonds. The molecule has 7 nitrogen and oxygen atoms in total. The van der Waals surface area contributed by atoms with Crippen molar-refractivity contribution in [1.82, 2.24) is 10.2 Å². The predicted molar refractivity (Wildman–Crippen MR) is 162 cm³/mol. The Labute approximate surface area is 243 Å². The molecule has 0 aliphatic carbocycles. The maximum atomic E-state index is 14.1. The summed E-state index contributed by atoms with van der Waals surface area (Å²) in [5.74, 6) is -0.563. The molecule has 1 N–H and O–H groups in total. The minimum Gasteiger partial charge on any atom is -0.354 e. The fraction of sp³-hybridized carbons (Fsp3) is 0.355. The number of hydrogen-bond acceptors (Lipinski definition) is 4. The molecule has 0 aromatic heterocycles. The first-order valence-electron chi connectivity index (χ1n) is 13.4. The minimum absolute atomic E-state index is 0.106. The number of aryl methyl sites for hydroxylation is 1. The Morgan fingerprint density at radius 2 is 1.48 bits per heavy atom. The summed E-state index contributed by atoms with van der Waals surface area (Å²) < 4.78 is 26.8. The Balaban J connectivity index is 2.03. The Bertz CT molecular complexity index is 1360. The summed E-state index contributed by atoms with van der Waals surface area (Å²) in [6.07, 6.45) is 2.15. The molecule has 0 radical (unpaired) electrons. The van der Waals surface area contributed by atoms with Crippen molar-refractivity contribution in [2.24, 2.45) is 5.92 Å². The van der Waals surface area contributed by atoms with Gasteiger partial charge in [-0.25, -0.2) is 8.42 Å². The Morgan fingerprint density at radius 1 is 0.875 bits per heavy atom. The highest BCUT2D eigenvalue weighted by atomic mass is 35.5. The second kappa shape index (κ2) is 14.3. The second-order valence-corrected chi connectivity index (χ2v) is 12.6. The number of benzene rings is 3. The summed E-state index contributed by atoms with van der Waals surface area (Å²) in [6.45, 7) is 6.12. The van der Waals surface area contributed by atoms with Gasteiger partial charge in [0.2, 0.25) is 21.8 Å². The standard InChI is InChI=1S/C31H38ClN3O4S/c1-5-24-13-17-28(18-14-24)35(40(4,38)39)22-30(36)34(21-26-11-15-27(32)16-12-26)29(31(37)33-20-23(2)3)19-25-9-7-6-8-10-25/h6-18,23,29H,5,19-22H2,1-4H3,(H,33,37). The third-order valence-electron chi connectivity index (χ3n) is 6.53. The molecule has 1 unspecified atom stereocenters. The van der Waals surface area contributed by atoms with E-state index in [1.54, 1.807) is 36.4 Å². The van der Waals surface area contributed by atoms with Crippen LogP contribution in [-0.4, -0.2) is 50.5 Å². The zero-order chi connectivity index (χ0) is 29.3. The van der Waals surface area contributed by atoms with E-state index < -0.39 is 28.5 Å². The number of hydrogen-bond donors (Lipinski definition) is 1. The summed E-state index contributed by atoms with van der Waals surface area (Å²) in [7, 11) is -3.80. The lowest BCUT2D eigenvalue weighted by molar-refractivity contribution is -0.140. The van der Waals surface area contributed by atoms with Crippen LogP contribution in [0, 0.1) is 5.92 Å². The van der Waals surface area contributed by atoms with Gasteiger partial charge in [0.15, 0.2) is 0 Å². The van der Waals surface area contributed by atoms with Crippen LogP contribution in [0.25, 0.3) is 0 Å². The largest absolute Gasteiger partial charge is 0.354 e. The predicted octanol–water partition coefficient (Wildman–Crippen LogP) is 5.08. The van der Waals surface area contributed by atoms with Gasteiger partial charge in [-0.05, 0) is 53.3 Å². The van der Waals surface area contributed by atoms with E-state index in [-0.39, 0.29) is 24.8 Å². The zero-order valence-corrected chi connectivity index (χ0v) is 25.1. The molecule has 0 heterocycles. The molecule has 3 aromatic rings. The van der Waals surface area contributed by atoms with E-state index in [2.05, 4.69) is 5.32 Å². The van der Waals surface area contributed by atoms with E-state index in [4.69, 9.17) is 11.6 Å². The van der Waals surface area contributed by atoms with E-state index in [0.29, 0.717) is 17.3 Å². The van der Waals surface area contributed by atoms with Crippen LogP contribution in [0.3, 0.4) is 0 Å². The van der Waals surface area contributed by atoms with Gasteiger partial charge >= 0.3 is 0 Å². The Morgan fingerprint density at radius 3 is 2.02 bits per heavy atom. The molecule has 214 valence electrons. The Kier molecular flexibility index (Phi) is 11.2. The summed E-state index contributed by atoms with van der Waals surface area (Å²) in [5, 5.41) is 3.53. The first-order valence-corrected chi connectivity index (χ1v) is 15.6. The number of carbonyl (C=O) groups excluding carboxylic acids is 2. The van der Waals surface area contributed by atoms with Crippen molar-refractivity contribution in [3.05, 3.63) is 101 Å². The lowest BCUT2D eigenvalue weighted by Gasteiger charge is -2.33. The van der Waals surface area contributed by atoms with Gasteiger partial charge in [0, 0.05) is 24.5 Å². The molecule has 40 heavy (non-hydrogen) atoms. The van der Waals surface area contributed by atoms with Crippen molar-refractivity contribution in [2.45, 2.75) is 46.2 Å². The topological polar surface area (TPSA) is 86.8 Å². The van der Waals surface area contributed by atoms with Gasteiger partial charge < -0.3 is 10.2 Å². The van der Waals surface area contributed by atoms with E-state index >= 15 is 0 Å². The van der Waals surface area contributed by atoms with E-state index in [1.807, 2.05) is 63.2 Å². The lowest BCUT2D eigenvalue weighted by atomic mass is 10.0. The molecule has 0 aliphatic rings. The average molecular weight is 584 g/mol. The van der Waals surface area contributed by atoms with Gasteiger partial charge in [0.25, 0.3) is 0 Å². The molecule has 3 rings (SSSR count). The number of halogens is 1. The molecule has 0 saturated heterocycles. The van der Waals surface area contributed by atoms with Crippen LogP contribution < -0.4 is 9.62 Å². The van der Waals surface area contributed by atoms with Gasteiger partial charge in [0.1, 0.15) is 12.6 Å². The highest BCUT2D eigenvalue weighted by Crippen LogP contribution is 2.22. The molecule has 9 heteroatoms. The third kappa shape index (κ3) is 9.10. The molecule has 1 atom stereocenters. The van der Waals surface area contributed by atoms with Crippen LogP contribution in [0.1, 0.15) is 37.5 Å². The number of sulfonamides is 1. The normalized spacial score (nSPS) is 12.2. The van der Waals surface area contributed by atoms with E-state index in [0.717, 1.165) is 33.7 Å². The van der Waals surface area contributed by atoms with E-state index in [9.17, 15) is 18.0 Å². The number of nitrogens with one attached hydrogen (secondary N) is 1. The molecule has 0 bridgehead atoms. The Hall–Kier alpha value is -3.36. The highest BCUT2D eigenvalue weighted by molar-refractivity contribution is 7.92. The van der Waals surface area contributed by atoms with Crippen molar-refractivity contribution in [3.63, 3.8) is 0 Å². The second-order valence-electron chi connectivity index (χ2n) is 10.3. The van der Waals surface area contributed by atoms with Crippen molar-refractivity contribution < 1.29 is 18.0 Å². The number of amides is 2. The highest BCUT2D eigenvalue weighted by Gasteiger charge is 2.33. The van der Waals surface area contributed by atoms with Crippen LogP contribution >= 0.6 is 11.6 Å². The third-order valence-corrected chi connectivity index (χ3v) is 7.93. The van der Waals surface area contributed by atoms with Crippen molar-refractivity contribution in [1.29, 1.82) is 0 Å². The van der Waals surface area contributed by atoms with Gasteiger partial charge in [0.05, 0.1) is 11.9 Å². The van der Waals surface area contributed by atoms with Crippen LogP contribution in [0.15, 0.2) is 78.9 Å². The zero-order valence-electron chi connectivity index (χ0n) is 23.5. The van der Waals surface area contributed by atoms with Crippen LogP contribution in [0.5, 0.6) is 0 Å². The molecule has 0 fully saturated rings. The molecular formula is C31H38ClN3O4S. The smallest absolute Gasteiger partial charge is 0.244 e. The molecule has 0 saturated carbocycles. The average Bonchev–Trinajstić information content (AvgIpc) is 2.93. The first-order chi connectivity index (χ1) is 19.0. The van der Waals surface area contributed by atoms with Crippen molar-refractivity contribution >= 4 is 39.1 Å². The molecule has 0 spiro atoms. The summed E-state index contributed by atoms with van der Waals surface area (Å²) in [6, 6.07) is 22.8. The van der Waals surface area contributed by atoms with Crippen molar-refractivity contribution in [3.8, 4) is 0 Å². The van der Waals surface area contributed by atoms with Crippen molar-refractivity contribution in [2.75, 3.05) is 23.7 Å². The number of nitrogens with zero attached hydrogens (tertiary/aromatic N) is 2. The van der Waals surface area contributed by atoms with Crippen LogP contribution in [0.2, 0.25) is 5.02 Å². The van der Waals surface area contributed by atoms with Gasteiger partial charge in [-0.15, -0.1) is 0 Å². The molecule has 3 aromatic carbocycles. The van der Waals surface area contributed by atoms with Crippen LogP contribution in [0.4, 0.5) is 5.69 Å². The number of rotatable bonds is 13. The number of anilines is 1. The maximum absolute atomic E-state index is 14.1. The summed E-state index contributed by atoms with van der Waals surface area (Å²) >= 11 is 6.09. The molecule has 0 aliphatic heterocycles. The first kappa shape index (κ1) is 31.2. The monoisotopic (exact) mass is 583 g/mol. The maximum Gasteiger partial charge on any atom is 0.244 e. The lowest BCUT2D eigenvalue weighted by Crippen LogP contribution is -2.53. The fourth-order valence-electron chi connectivity index (χ4n) is 4.27. The summed E-state index contributed by atoms with van der Waals surface area (Å²) in [4.78, 5) is 29.1. The quantitative estimate of drug-likeness (QED) is 0.304. The number of carbonyl (C=O) groups is 2. The van der Waals surface area contributed by atoms with Crippen LogP contribution in [-0.2, 0) is 39.0 Å². The van der Waals surface area contributed by atoms with Gasteiger partial charge in [-0.1, -0.05) is 87.0 Å².